The first-order valence-electron chi connectivity index (χ1n) is 7.19. The van der Waals surface area contributed by atoms with Gasteiger partial charge in [0.2, 0.25) is 17.7 Å². The Morgan fingerprint density at radius 3 is 2.68 bits per heavy atom. The molecule has 6 nitrogen and oxygen atoms in total. The van der Waals surface area contributed by atoms with E-state index in [1.54, 1.807) is 6.92 Å². The lowest BCUT2D eigenvalue weighted by molar-refractivity contribution is -0.131. The Bertz CT molecular complexity index is 665. The highest BCUT2D eigenvalue weighted by Crippen LogP contribution is 2.20. The number of aromatic nitrogens is 2. The second-order valence-corrected chi connectivity index (χ2v) is 5.68. The van der Waals surface area contributed by atoms with Crippen molar-refractivity contribution in [3.8, 4) is 0 Å². The van der Waals surface area contributed by atoms with E-state index in [4.69, 9.17) is 16.0 Å². The van der Waals surface area contributed by atoms with Gasteiger partial charge in [0.1, 0.15) is 6.42 Å². The van der Waals surface area contributed by atoms with Crippen LogP contribution in [0.1, 0.15) is 11.8 Å². The number of nitrogens with zero attached hydrogens (tertiary/aromatic N) is 4. The Morgan fingerprint density at radius 2 is 2.05 bits per heavy atom. The van der Waals surface area contributed by atoms with Gasteiger partial charge in [0, 0.05) is 43.8 Å². The molecule has 1 aliphatic heterocycles. The van der Waals surface area contributed by atoms with E-state index in [9.17, 15) is 4.79 Å². The molecule has 0 unspecified atom stereocenters. The van der Waals surface area contributed by atoms with E-state index in [2.05, 4.69) is 15.1 Å². The molecule has 3 rings (SSSR count). The summed E-state index contributed by atoms with van der Waals surface area (Å²) in [6.45, 7) is 4.64. The second-order valence-electron chi connectivity index (χ2n) is 5.24. The largest absolute Gasteiger partial charge is 0.425 e. The third kappa shape index (κ3) is 3.39. The summed E-state index contributed by atoms with van der Waals surface area (Å²) in [4.78, 5) is 16.3. The van der Waals surface area contributed by atoms with Crippen LogP contribution in [-0.2, 0) is 11.2 Å². The molecule has 2 aromatic rings. The summed E-state index contributed by atoms with van der Waals surface area (Å²) in [5.41, 5.74) is 1.09. The van der Waals surface area contributed by atoms with Crippen LogP contribution in [0, 0.1) is 6.92 Å². The molecular formula is C15H17ClN4O2. The zero-order valence-electron chi connectivity index (χ0n) is 12.3. The number of benzene rings is 1. The fraction of sp³-hybridized carbons (Fsp3) is 0.400. The van der Waals surface area contributed by atoms with Gasteiger partial charge in [0.05, 0.1) is 0 Å². The smallest absolute Gasteiger partial charge is 0.232 e. The lowest BCUT2D eigenvalue weighted by Gasteiger charge is -2.36. The van der Waals surface area contributed by atoms with Gasteiger partial charge in [-0.1, -0.05) is 17.7 Å². The molecule has 7 heteroatoms. The Kier molecular flexibility index (Phi) is 4.29. The number of halogens is 1. The number of anilines is 1. The first-order chi connectivity index (χ1) is 10.6. The molecule has 2 heterocycles. The van der Waals surface area contributed by atoms with E-state index < -0.39 is 0 Å². The molecule has 0 aliphatic carbocycles. The Hall–Kier alpha value is -2.08. The maximum absolute atomic E-state index is 12.2. The average Bonchev–Trinajstić information content (AvgIpc) is 2.92. The van der Waals surface area contributed by atoms with Crippen LogP contribution in [0.25, 0.3) is 0 Å². The number of aryl methyl sites for hydroxylation is 1. The summed E-state index contributed by atoms with van der Waals surface area (Å²) in [6.07, 6.45) is 0.165. The average molecular weight is 321 g/mol. The van der Waals surface area contributed by atoms with Crippen LogP contribution >= 0.6 is 11.6 Å². The number of piperazine rings is 1. The van der Waals surface area contributed by atoms with Gasteiger partial charge in [-0.15, -0.1) is 10.2 Å². The van der Waals surface area contributed by atoms with Gasteiger partial charge in [-0.25, -0.2) is 0 Å². The van der Waals surface area contributed by atoms with Crippen molar-refractivity contribution < 1.29 is 9.21 Å². The van der Waals surface area contributed by atoms with Gasteiger partial charge in [-0.3, -0.25) is 4.79 Å². The van der Waals surface area contributed by atoms with Crippen LogP contribution in [-0.4, -0.2) is 47.2 Å². The molecule has 1 aromatic carbocycles. The van der Waals surface area contributed by atoms with Gasteiger partial charge >= 0.3 is 0 Å². The Morgan fingerprint density at radius 1 is 1.27 bits per heavy atom. The molecule has 116 valence electrons. The van der Waals surface area contributed by atoms with Crippen LogP contribution in [0.3, 0.4) is 0 Å². The minimum atomic E-state index is 0.0226. The van der Waals surface area contributed by atoms with Crippen LogP contribution in [0.5, 0.6) is 0 Å². The van der Waals surface area contributed by atoms with Crippen molar-refractivity contribution in [1.82, 2.24) is 15.1 Å². The SMILES string of the molecule is Cc1nnc(CC(=O)N2CCN(c3cccc(Cl)c3)CC2)o1. The van der Waals surface area contributed by atoms with Crippen molar-refractivity contribution in [2.75, 3.05) is 31.1 Å². The van der Waals surface area contributed by atoms with Gasteiger partial charge in [0.25, 0.3) is 0 Å². The maximum atomic E-state index is 12.2. The minimum Gasteiger partial charge on any atom is -0.425 e. The molecule has 0 spiro atoms. The van der Waals surface area contributed by atoms with Gasteiger partial charge in [-0.05, 0) is 18.2 Å². The second kappa shape index (κ2) is 6.36. The number of hydrogen-bond donors (Lipinski definition) is 0. The summed E-state index contributed by atoms with van der Waals surface area (Å²) in [5.74, 6) is 0.878. The molecule has 1 saturated heterocycles. The van der Waals surface area contributed by atoms with Crippen LogP contribution in [0.15, 0.2) is 28.7 Å². The molecule has 1 fully saturated rings. The van der Waals surface area contributed by atoms with Crippen LogP contribution in [0.4, 0.5) is 5.69 Å². The fourth-order valence-electron chi connectivity index (χ4n) is 2.54. The van der Waals surface area contributed by atoms with E-state index >= 15 is 0 Å². The molecule has 0 bridgehead atoms. The minimum absolute atomic E-state index is 0.0226. The molecule has 0 atom stereocenters. The zero-order chi connectivity index (χ0) is 15.5. The van der Waals surface area contributed by atoms with Crippen molar-refractivity contribution in [2.45, 2.75) is 13.3 Å². The summed E-state index contributed by atoms with van der Waals surface area (Å²) in [6, 6.07) is 7.77. The standard InChI is InChI=1S/C15H17ClN4O2/c1-11-17-18-14(22-11)10-15(21)20-7-5-19(6-8-20)13-4-2-3-12(16)9-13/h2-4,9H,5-8,10H2,1H3. The van der Waals surface area contributed by atoms with E-state index in [1.807, 2.05) is 29.2 Å². The highest BCUT2D eigenvalue weighted by atomic mass is 35.5. The molecule has 0 radical (unpaired) electrons. The predicted octanol–water partition coefficient (Wildman–Crippen LogP) is 1.92. The predicted molar refractivity (Wildman–Crippen MR) is 83.0 cm³/mol. The lowest BCUT2D eigenvalue weighted by Crippen LogP contribution is -2.49. The Balaban J connectivity index is 1.56. The molecule has 1 aromatic heterocycles. The van der Waals surface area contributed by atoms with Gasteiger partial charge < -0.3 is 14.2 Å². The van der Waals surface area contributed by atoms with Gasteiger partial charge in [-0.2, -0.15) is 0 Å². The van der Waals surface area contributed by atoms with Crippen molar-refractivity contribution in [3.63, 3.8) is 0 Å². The van der Waals surface area contributed by atoms with E-state index in [0.29, 0.717) is 24.9 Å². The van der Waals surface area contributed by atoms with Crippen molar-refractivity contribution in [3.05, 3.63) is 41.1 Å². The normalized spacial score (nSPS) is 15.2. The highest BCUT2D eigenvalue weighted by Gasteiger charge is 2.22. The molecule has 22 heavy (non-hydrogen) atoms. The van der Waals surface area contributed by atoms with E-state index in [1.165, 1.54) is 0 Å². The number of amides is 1. The lowest BCUT2D eigenvalue weighted by atomic mass is 10.2. The van der Waals surface area contributed by atoms with Crippen molar-refractivity contribution in [1.29, 1.82) is 0 Å². The van der Waals surface area contributed by atoms with Crippen LogP contribution in [0.2, 0.25) is 5.02 Å². The first-order valence-corrected chi connectivity index (χ1v) is 7.57. The maximum Gasteiger partial charge on any atom is 0.232 e. The summed E-state index contributed by atoms with van der Waals surface area (Å²) >= 11 is 6.02. The number of carbonyl (C=O) groups excluding carboxylic acids is 1. The number of hydrogen-bond acceptors (Lipinski definition) is 5. The third-order valence-electron chi connectivity index (χ3n) is 3.68. The molecular weight excluding hydrogens is 304 g/mol. The van der Waals surface area contributed by atoms with Crippen LogP contribution < -0.4 is 4.90 Å². The molecule has 0 N–H and O–H groups in total. The monoisotopic (exact) mass is 320 g/mol. The number of carbonyl (C=O) groups is 1. The Labute approximate surface area is 133 Å². The molecule has 0 saturated carbocycles. The van der Waals surface area contributed by atoms with E-state index in [-0.39, 0.29) is 12.3 Å². The third-order valence-corrected chi connectivity index (χ3v) is 3.91. The molecule has 1 aliphatic rings. The van der Waals surface area contributed by atoms with Gasteiger partial charge in [0.15, 0.2) is 0 Å². The highest BCUT2D eigenvalue weighted by molar-refractivity contribution is 6.30. The van der Waals surface area contributed by atoms with Crippen molar-refractivity contribution in [2.24, 2.45) is 0 Å². The zero-order valence-corrected chi connectivity index (χ0v) is 13.1. The fourth-order valence-corrected chi connectivity index (χ4v) is 2.72. The summed E-state index contributed by atoms with van der Waals surface area (Å²) < 4.78 is 5.25. The topological polar surface area (TPSA) is 62.5 Å². The van der Waals surface area contributed by atoms with E-state index in [0.717, 1.165) is 23.8 Å². The first kappa shape index (κ1) is 14.8. The number of rotatable bonds is 3. The summed E-state index contributed by atoms with van der Waals surface area (Å²) in [7, 11) is 0. The quantitative estimate of drug-likeness (QED) is 0.864. The summed E-state index contributed by atoms with van der Waals surface area (Å²) in [5, 5.41) is 8.33. The van der Waals surface area contributed by atoms with Crippen molar-refractivity contribution >= 4 is 23.2 Å². The molecule has 1 amide bonds.